The van der Waals surface area contributed by atoms with Crippen LogP contribution in [-0.4, -0.2) is 52.3 Å². The lowest BCUT2D eigenvalue weighted by molar-refractivity contribution is -0.130. The van der Waals surface area contributed by atoms with Crippen molar-refractivity contribution in [2.75, 3.05) is 19.6 Å². The van der Waals surface area contributed by atoms with Gasteiger partial charge in [-0.25, -0.2) is 4.98 Å². The molecule has 2 aliphatic rings. The first kappa shape index (κ1) is 17.0. The molecule has 1 aromatic rings. The molecule has 0 bridgehead atoms. The van der Waals surface area contributed by atoms with Crippen LogP contribution in [0.15, 0.2) is 10.8 Å². The molecule has 2 amide bonds. The third kappa shape index (κ3) is 3.45. The van der Waals surface area contributed by atoms with Crippen LogP contribution in [0.4, 0.5) is 0 Å². The lowest BCUT2D eigenvalue weighted by atomic mass is 10.0. The lowest BCUT2D eigenvalue weighted by Crippen LogP contribution is -2.45. The number of oxazole rings is 1. The molecule has 2 aliphatic heterocycles. The van der Waals surface area contributed by atoms with Crippen LogP contribution in [0, 0.1) is 5.92 Å². The van der Waals surface area contributed by atoms with Gasteiger partial charge in [-0.1, -0.05) is 13.8 Å². The molecule has 1 unspecified atom stereocenters. The van der Waals surface area contributed by atoms with Gasteiger partial charge >= 0.3 is 0 Å². The van der Waals surface area contributed by atoms with Gasteiger partial charge in [0, 0.05) is 44.6 Å². The SMILES string of the molecule is CC(C)c1ocnc1CN1CCC(N2CC(C(N)=O)CC2=O)CC1. The second kappa shape index (κ2) is 6.93. The molecule has 0 aromatic carbocycles. The summed E-state index contributed by atoms with van der Waals surface area (Å²) in [5.41, 5.74) is 6.35. The van der Waals surface area contributed by atoms with E-state index in [4.69, 9.17) is 10.2 Å². The van der Waals surface area contributed by atoms with Gasteiger partial charge in [0.05, 0.1) is 11.6 Å². The first-order valence-corrected chi connectivity index (χ1v) is 8.69. The van der Waals surface area contributed by atoms with E-state index in [-0.39, 0.29) is 30.2 Å². The van der Waals surface area contributed by atoms with E-state index in [1.165, 1.54) is 6.39 Å². The van der Waals surface area contributed by atoms with Gasteiger partial charge in [-0.05, 0) is 12.8 Å². The van der Waals surface area contributed by atoms with Crippen LogP contribution in [0.1, 0.15) is 50.5 Å². The van der Waals surface area contributed by atoms with Crippen LogP contribution in [-0.2, 0) is 16.1 Å². The van der Waals surface area contributed by atoms with E-state index in [1.54, 1.807) is 0 Å². The Morgan fingerprint density at radius 2 is 2.12 bits per heavy atom. The molecular weight excluding hydrogens is 308 g/mol. The molecule has 7 nitrogen and oxygen atoms in total. The molecular formula is C17H26N4O3. The zero-order valence-corrected chi connectivity index (χ0v) is 14.4. The molecule has 0 spiro atoms. The van der Waals surface area contributed by atoms with Crippen molar-refractivity contribution in [2.45, 2.75) is 51.6 Å². The number of aromatic nitrogens is 1. The molecule has 1 atom stereocenters. The van der Waals surface area contributed by atoms with Crippen LogP contribution >= 0.6 is 0 Å². The summed E-state index contributed by atoms with van der Waals surface area (Å²) in [4.78, 5) is 32.0. The number of carbonyl (C=O) groups excluding carboxylic acids is 2. The van der Waals surface area contributed by atoms with Crippen LogP contribution in [0.2, 0.25) is 0 Å². The predicted octanol–water partition coefficient (Wildman–Crippen LogP) is 1.10. The van der Waals surface area contributed by atoms with Gasteiger partial charge in [-0.15, -0.1) is 0 Å². The number of rotatable bonds is 5. The fourth-order valence-corrected chi connectivity index (χ4v) is 3.74. The van der Waals surface area contributed by atoms with Gasteiger partial charge in [0.1, 0.15) is 5.76 Å². The minimum absolute atomic E-state index is 0.0656. The normalized spacial score (nSPS) is 23.4. The molecule has 0 saturated carbocycles. The van der Waals surface area contributed by atoms with Crippen LogP contribution in [0.5, 0.6) is 0 Å². The number of amides is 2. The van der Waals surface area contributed by atoms with Crippen molar-refractivity contribution < 1.29 is 14.0 Å². The zero-order chi connectivity index (χ0) is 17.3. The third-order valence-electron chi connectivity index (χ3n) is 5.13. The van der Waals surface area contributed by atoms with Crippen molar-refractivity contribution in [1.29, 1.82) is 0 Å². The first-order chi connectivity index (χ1) is 11.5. The maximum Gasteiger partial charge on any atom is 0.223 e. The summed E-state index contributed by atoms with van der Waals surface area (Å²) in [6.45, 7) is 7.31. The van der Waals surface area contributed by atoms with E-state index in [9.17, 15) is 9.59 Å². The highest BCUT2D eigenvalue weighted by molar-refractivity contribution is 5.88. The summed E-state index contributed by atoms with van der Waals surface area (Å²) >= 11 is 0. The van der Waals surface area contributed by atoms with E-state index in [1.807, 2.05) is 4.90 Å². The van der Waals surface area contributed by atoms with Crippen molar-refractivity contribution in [1.82, 2.24) is 14.8 Å². The maximum atomic E-state index is 12.1. The molecule has 1 aromatic heterocycles. The van der Waals surface area contributed by atoms with Gasteiger partial charge in [-0.2, -0.15) is 0 Å². The van der Waals surface area contributed by atoms with Gasteiger partial charge in [0.2, 0.25) is 11.8 Å². The summed E-state index contributed by atoms with van der Waals surface area (Å²) < 4.78 is 5.48. The molecule has 0 aliphatic carbocycles. The van der Waals surface area contributed by atoms with E-state index >= 15 is 0 Å². The molecule has 2 saturated heterocycles. The second-order valence-corrected chi connectivity index (χ2v) is 7.17. The highest BCUT2D eigenvalue weighted by Gasteiger charge is 2.38. The average Bonchev–Trinajstić information content (AvgIpc) is 3.15. The van der Waals surface area contributed by atoms with Crippen molar-refractivity contribution in [3.8, 4) is 0 Å². The molecule has 2 N–H and O–H groups in total. The van der Waals surface area contributed by atoms with Gasteiger partial charge < -0.3 is 15.1 Å². The Morgan fingerprint density at radius 1 is 1.42 bits per heavy atom. The number of primary amides is 1. The number of hydrogen-bond acceptors (Lipinski definition) is 5. The number of carbonyl (C=O) groups is 2. The van der Waals surface area contributed by atoms with Gasteiger partial charge in [0.15, 0.2) is 6.39 Å². The van der Waals surface area contributed by atoms with E-state index in [0.717, 1.165) is 43.9 Å². The number of nitrogens with two attached hydrogens (primary N) is 1. The van der Waals surface area contributed by atoms with Crippen molar-refractivity contribution in [3.05, 3.63) is 17.8 Å². The van der Waals surface area contributed by atoms with E-state index in [0.29, 0.717) is 12.5 Å². The lowest BCUT2D eigenvalue weighted by Gasteiger charge is -2.36. The molecule has 3 heterocycles. The fraction of sp³-hybridized carbons (Fsp3) is 0.706. The summed E-state index contributed by atoms with van der Waals surface area (Å²) in [5.74, 6) is 0.662. The predicted molar refractivity (Wildman–Crippen MR) is 87.9 cm³/mol. The monoisotopic (exact) mass is 334 g/mol. The van der Waals surface area contributed by atoms with E-state index in [2.05, 4.69) is 23.7 Å². The minimum Gasteiger partial charge on any atom is -0.448 e. The first-order valence-electron chi connectivity index (χ1n) is 8.69. The smallest absolute Gasteiger partial charge is 0.223 e. The summed E-state index contributed by atoms with van der Waals surface area (Å²) in [7, 11) is 0. The zero-order valence-electron chi connectivity index (χ0n) is 14.4. The molecule has 2 fully saturated rings. The topological polar surface area (TPSA) is 92.7 Å². The molecule has 7 heteroatoms. The standard InChI is InChI=1S/C17H26N4O3/c1-11(2)16-14(19-10-24-16)9-20-5-3-13(4-6-20)21-8-12(17(18)23)7-15(21)22/h10-13H,3-9H2,1-2H3,(H2,18,23). The Labute approximate surface area is 142 Å². The van der Waals surface area contributed by atoms with Crippen LogP contribution < -0.4 is 5.73 Å². The molecule has 132 valence electrons. The highest BCUT2D eigenvalue weighted by atomic mass is 16.3. The summed E-state index contributed by atoms with van der Waals surface area (Å²) in [6.07, 6.45) is 3.63. The van der Waals surface area contributed by atoms with Gasteiger partial charge in [-0.3, -0.25) is 14.5 Å². The largest absolute Gasteiger partial charge is 0.448 e. The van der Waals surface area contributed by atoms with Crippen LogP contribution in [0.25, 0.3) is 0 Å². The Hall–Kier alpha value is -1.89. The molecule has 3 rings (SSSR count). The van der Waals surface area contributed by atoms with Crippen molar-refractivity contribution in [3.63, 3.8) is 0 Å². The Kier molecular flexibility index (Phi) is 4.89. The second-order valence-electron chi connectivity index (χ2n) is 7.17. The van der Waals surface area contributed by atoms with Crippen molar-refractivity contribution >= 4 is 11.8 Å². The Balaban J connectivity index is 1.54. The quantitative estimate of drug-likeness (QED) is 0.870. The Bertz CT molecular complexity index is 605. The van der Waals surface area contributed by atoms with Crippen molar-refractivity contribution in [2.24, 2.45) is 11.7 Å². The third-order valence-corrected chi connectivity index (χ3v) is 5.13. The van der Waals surface area contributed by atoms with Crippen LogP contribution in [0.3, 0.4) is 0 Å². The highest BCUT2D eigenvalue weighted by Crippen LogP contribution is 2.27. The summed E-state index contributed by atoms with van der Waals surface area (Å²) in [6, 6.07) is 0.222. The minimum atomic E-state index is -0.365. The number of hydrogen-bond donors (Lipinski definition) is 1. The summed E-state index contributed by atoms with van der Waals surface area (Å²) in [5, 5.41) is 0. The molecule has 0 radical (unpaired) electrons. The van der Waals surface area contributed by atoms with E-state index < -0.39 is 0 Å². The fourth-order valence-electron chi connectivity index (χ4n) is 3.74. The molecule has 24 heavy (non-hydrogen) atoms. The van der Waals surface area contributed by atoms with Gasteiger partial charge in [0.25, 0.3) is 0 Å². The average molecular weight is 334 g/mol. The maximum absolute atomic E-state index is 12.1. The Morgan fingerprint density at radius 3 is 2.71 bits per heavy atom. The number of nitrogens with zero attached hydrogens (tertiary/aromatic N) is 3. The number of piperidine rings is 1. The number of likely N-dealkylation sites (tertiary alicyclic amines) is 2.